The molecule has 0 bridgehead atoms. The molecule has 0 spiro atoms. The summed E-state index contributed by atoms with van der Waals surface area (Å²) in [5, 5.41) is 0.370. The van der Waals surface area contributed by atoms with E-state index in [2.05, 4.69) is 17.6 Å². The Bertz CT molecular complexity index is 480. The number of thiol groups is 1. The van der Waals surface area contributed by atoms with Crippen molar-refractivity contribution in [3.8, 4) is 0 Å². The Kier molecular flexibility index (Phi) is 2.27. The van der Waals surface area contributed by atoms with E-state index in [4.69, 9.17) is 11.6 Å². The summed E-state index contributed by atoms with van der Waals surface area (Å²) in [5.41, 5.74) is 0.745. The molecule has 0 aliphatic heterocycles. The Morgan fingerprint density at radius 3 is 3.00 bits per heavy atom. The first-order valence-electron chi connectivity index (χ1n) is 3.46. The summed E-state index contributed by atoms with van der Waals surface area (Å²) in [4.78, 5) is 15.6. The van der Waals surface area contributed by atoms with Crippen molar-refractivity contribution < 1.29 is 4.79 Å². The van der Waals surface area contributed by atoms with Gasteiger partial charge in [0.15, 0.2) is 0 Å². The number of fused-ring (bicyclic) bond motifs is 1. The van der Waals surface area contributed by atoms with Crippen LogP contribution in [-0.2, 0) is 0 Å². The van der Waals surface area contributed by atoms with Crippen LogP contribution in [0.4, 0.5) is 0 Å². The zero-order valence-corrected chi connectivity index (χ0v) is 8.79. The van der Waals surface area contributed by atoms with Gasteiger partial charge in [-0.2, -0.15) is 0 Å². The van der Waals surface area contributed by atoms with Crippen LogP contribution in [0.5, 0.6) is 0 Å². The van der Waals surface area contributed by atoms with E-state index in [1.165, 1.54) is 11.3 Å². The van der Waals surface area contributed by atoms with Gasteiger partial charge >= 0.3 is 0 Å². The monoisotopic (exact) mass is 229 g/mol. The maximum Gasteiger partial charge on any atom is 0.226 e. The molecule has 2 aromatic heterocycles. The number of carbonyl (C=O) groups excluding carboxylic acids is 1. The predicted molar refractivity (Wildman–Crippen MR) is 57.9 cm³/mol. The summed E-state index contributed by atoms with van der Waals surface area (Å²) >= 11 is 11.0. The van der Waals surface area contributed by atoms with Gasteiger partial charge in [-0.25, -0.2) is 0 Å². The maximum absolute atomic E-state index is 10.9. The second kappa shape index (κ2) is 3.29. The van der Waals surface area contributed by atoms with Gasteiger partial charge in [0.1, 0.15) is 0 Å². The van der Waals surface area contributed by atoms with Crippen LogP contribution in [0.1, 0.15) is 9.67 Å². The zero-order chi connectivity index (χ0) is 9.42. The van der Waals surface area contributed by atoms with Crippen molar-refractivity contribution in [2.45, 2.75) is 0 Å². The third-order valence-electron chi connectivity index (χ3n) is 1.57. The summed E-state index contributed by atoms with van der Waals surface area (Å²) < 4.78 is 0.835. The van der Waals surface area contributed by atoms with Crippen LogP contribution in [0.25, 0.3) is 10.2 Å². The molecule has 0 radical (unpaired) electrons. The molecule has 0 atom stereocenters. The Balaban J connectivity index is 2.75. The van der Waals surface area contributed by atoms with E-state index in [1.807, 2.05) is 0 Å². The lowest BCUT2D eigenvalue weighted by Gasteiger charge is -1.88. The lowest BCUT2D eigenvalue weighted by Crippen LogP contribution is -1.79. The molecule has 0 saturated carbocycles. The summed E-state index contributed by atoms with van der Waals surface area (Å²) in [6.07, 6.45) is 1.62. The first-order valence-corrected chi connectivity index (χ1v) is 5.10. The molecule has 0 saturated heterocycles. The standard InChI is InChI=1S/C8H4ClNOS2/c9-4-1-2-10-5-3-6(8(11)12)13-7(4)5/h1-3H,(H,11,12). The SMILES string of the molecule is O=C(S)c1cc2nccc(Cl)c2s1. The molecule has 0 aromatic carbocycles. The molecular formula is C8H4ClNOS2. The van der Waals surface area contributed by atoms with Gasteiger partial charge in [-0.05, 0) is 12.1 Å². The van der Waals surface area contributed by atoms with Crippen molar-refractivity contribution in [3.63, 3.8) is 0 Å². The molecule has 2 aromatic rings. The minimum atomic E-state index is -0.251. The number of rotatable bonds is 1. The van der Waals surface area contributed by atoms with E-state index in [0.29, 0.717) is 9.90 Å². The van der Waals surface area contributed by atoms with E-state index in [9.17, 15) is 4.79 Å². The van der Waals surface area contributed by atoms with Gasteiger partial charge < -0.3 is 0 Å². The van der Waals surface area contributed by atoms with Crippen LogP contribution < -0.4 is 0 Å². The highest BCUT2D eigenvalue weighted by atomic mass is 35.5. The number of thiophene rings is 1. The average molecular weight is 230 g/mol. The largest absolute Gasteiger partial charge is 0.281 e. The van der Waals surface area contributed by atoms with Crippen molar-refractivity contribution in [3.05, 3.63) is 28.2 Å². The van der Waals surface area contributed by atoms with E-state index in [1.54, 1.807) is 18.3 Å². The molecular weight excluding hydrogens is 226 g/mol. The smallest absolute Gasteiger partial charge is 0.226 e. The molecule has 0 N–H and O–H groups in total. The molecule has 0 unspecified atom stereocenters. The normalized spacial score (nSPS) is 10.6. The quantitative estimate of drug-likeness (QED) is 0.762. The molecule has 2 nitrogen and oxygen atoms in total. The topological polar surface area (TPSA) is 30.0 Å². The lowest BCUT2D eigenvalue weighted by atomic mass is 10.4. The Labute approximate surface area is 89.0 Å². The lowest BCUT2D eigenvalue weighted by molar-refractivity contribution is 0.109. The highest BCUT2D eigenvalue weighted by Gasteiger charge is 2.09. The minimum absolute atomic E-state index is 0.251. The van der Waals surface area contributed by atoms with Gasteiger partial charge in [0, 0.05) is 6.20 Å². The van der Waals surface area contributed by atoms with Gasteiger partial charge in [-0.15, -0.1) is 11.3 Å². The minimum Gasteiger partial charge on any atom is -0.281 e. The second-order valence-corrected chi connectivity index (χ2v) is 4.29. The van der Waals surface area contributed by atoms with Crippen LogP contribution in [-0.4, -0.2) is 10.1 Å². The maximum atomic E-state index is 10.9. The van der Waals surface area contributed by atoms with Gasteiger partial charge in [0.05, 0.1) is 20.1 Å². The van der Waals surface area contributed by atoms with Crippen LogP contribution in [0.15, 0.2) is 18.3 Å². The predicted octanol–water partition coefficient (Wildman–Crippen LogP) is 3.02. The highest BCUT2D eigenvalue weighted by Crippen LogP contribution is 2.30. The van der Waals surface area contributed by atoms with Gasteiger partial charge in [0.2, 0.25) is 5.12 Å². The third kappa shape index (κ3) is 1.57. The number of hydrogen-bond acceptors (Lipinski definition) is 3. The Morgan fingerprint density at radius 1 is 1.62 bits per heavy atom. The molecule has 2 heterocycles. The van der Waals surface area contributed by atoms with Crippen LogP contribution in [0.2, 0.25) is 5.02 Å². The zero-order valence-electron chi connectivity index (χ0n) is 6.32. The molecule has 66 valence electrons. The van der Waals surface area contributed by atoms with E-state index >= 15 is 0 Å². The number of halogens is 1. The molecule has 0 aliphatic carbocycles. The Morgan fingerprint density at radius 2 is 2.38 bits per heavy atom. The Hall–Kier alpha value is -0.580. The summed E-state index contributed by atoms with van der Waals surface area (Å²) in [6.45, 7) is 0. The van der Waals surface area contributed by atoms with Crippen molar-refractivity contribution in [2.24, 2.45) is 0 Å². The molecule has 5 heteroatoms. The number of carbonyl (C=O) groups is 1. The number of aromatic nitrogens is 1. The molecule has 2 rings (SSSR count). The third-order valence-corrected chi connectivity index (χ3v) is 3.55. The number of hydrogen-bond donors (Lipinski definition) is 1. The van der Waals surface area contributed by atoms with Gasteiger partial charge in [-0.1, -0.05) is 24.2 Å². The van der Waals surface area contributed by atoms with Gasteiger partial charge in [-0.3, -0.25) is 9.78 Å². The average Bonchev–Trinajstić information content (AvgIpc) is 2.49. The fourth-order valence-corrected chi connectivity index (χ4v) is 2.34. The molecule has 0 aliphatic rings. The van der Waals surface area contributed by atoms with Crippen molar-refractivity contribution in [1.29, 1.82) is 0 Å². The first kappa shape index (κ1) is 8.99. The van der Waals surface area contributed by atoms with Crippen molar-refractivity contribution in [1.82, 2.24) is 4.98 Å². The number of nitrogens with zero attached hydrogens (tertiary/aromatic N) is 1. The highest BCUT2D eigenvalue weighted by molar-refractivity contribution is 7.97. The van der Waals surface area contributed by atoms with E-state index in [-0.39, 0.29) is 5.12 Å². The van der Waals surface area contributed by atoms with Crippen LogP contribution >= 0.6 is 35.6 Å². The number of pyridine rings is 1. The second-order valence-electron chi connectivity index (χ2n) is 2.42. The first-order chi connectivity index (χ1) is 6.18. The van der Waals surface area contributed by atoms with E-state index in [0.717, 1.165) is 10.2 Å². The van der Waals surface area contributed by atoms with Crippen molar-refractivity contribution >= 4 is 50.9 Å². The summed E-state index contributed by atoms with van der Waals surface area (Å²) in [7, 11) is 0. The molecule has 13 heavy (non-hydrogen) atoms. The van der Waals surface area contributed by atoms with E-state index < -0.39 is 0 Å². The summed E-state index contributed by atoms with van der Waals surface area (Å²) in [5.74, 6) is 0. The fraction of sp³-hybridized carbons (Fsp3) is 0. The van der Waals surface area contributed by atoms with Crippen LogP contribution in [0, 0.1) is 0 Å². The summed E-state index contributed by atoms with van der Waals surface area (Å²) in [6, 6.07) is 3.40. The fourth-order valence-electron chi connectivity index (χ4n) is 1.01. The van der Waals surface area contributed by atoms with Crippen LogP contribution in [0.3, 0.4) is 0 Å². The van der Waals surface area contributed by atoms with Gasteiger partial charge in [0.25, 0.3) is 0 Å². The molecule has 0 fully saturated rings. The van der Waals surface area contributed by atoms with Crippen molar-refractivity contribution in [2.75, 3.05) is 0 Å². The molecule has 0 amide bonds.